The highest BCUT2D eigenvalue weighted by Gasteiger charge is 2.53. The van der Waals surface area contributed by atoms with Crippen molar-refractivity contribution in [3.63, 3.8) is 0 Å². The first kappa shape index (κ1) is 15.8. The summed E-state index contributed by atoms with van der Waals surface area (Å²) in [6.45, 7) is 3.83. The number of aliphatic carboxylic acids is 1. The van der Waals surface area contributed by atoms with Crippen LogP contribution < -0.4 is 4.74 Å². The molecule has 0 aliphatic carbocycles. The maximum absolute atomic E-state index is 11.3. The molecule has 0 spiro atoms. The summed E-state index contributed by atoms with van der Waals surface area (Å²) in [6, 6.07) is 5.19. The summed E-state index contributed by atoms with van der Waals surface area (Å²) < 4.78 is 12.3. The molecule has 1 aliphatic rings. The molecule has 1 atom stereocenters. The molecule has 7 heteroatoms. The number of imidazole rings is 1. The van der Waals surface area contributed by atoms with E-state index in [1.165, 1.54) is 11.7 Å². The molecular formula is C16H20N2O5. The van der Waals surface area contributed by atoms with Crippen LogP contribution in [-0.4, -0.2) is 39.5 Å². The monoisotopic (exact) mass is 320 g/mol. The van der Waals surface area contributed by atoms with Gasteiger partial charge in [-0.05, 0) is 18.6 Å². The molecule has 0 amide bonds. The number of nitrogens with zero attached hydrogens (tertiary/aromatic N) is 2. The van der Waals surface area contributed by atoms with Gasteiger partial charge in [0.25, 0.3) is 0 Å². The first-order valence-electron chi connectivity index (χ1n) is 7.41. The summed E-state index contributed by atoms with van der Waals surface area (Å²) in [5, 5.41) is 20.3. The zero-order valence-electron chi connectivity index (χ0n) is 13.4. The average Bonchev–Trinajstić information content (AvgIpc) is 2.97. The van der Waals surface area contributed by atoms with E-state index in [0.717, 1.165) is 0 Å². The van der Waals surface area contributed by atoms with Gasteiger partial charge < -0.3 is 24.3 Å². The first-order valence-corrected chi connectivity index (χ1v) is 7.41. The lowest BCUT2D eigenvalue weighted by molar-refractivity contribution is -0.235. The number of benzene rings is 1. The molecule has 1 aliphatic heterocycles. The van der Waals surface area contributed by atoms with Crippen LogP contribution in [0.1, 0.15) is 26.1 Å². The van der Waals surface area contributed by atoms with E-state index in [0.29, 0.717) is 29.8 Å². The summed E-state index contributed by atoms with van der Waals surface area (Å²) in [4.78, 5) is 15.8. The average molecular weight is 320 g/mol. The zero-order valence-corrected chi connectivity index (χ0v) is 13.4. The minimum Gasteiger partial charge on any atom is -0.497 e. The third-order valence-electron chi connectivity index (χ3n) is 4.51. The van der Waals surface area contributed by atoms with Crippen molar-refractivity contribution in [2.75, 3.05) is 13.7 Å². The molecule has 1 saturated heterocycles. The Balaban J connectivity index is 2.25. The highest BCUT2D eigenvalue weighted by atomic mass is 16.6. The summed E-state index contributed by atoms with van der Waals surface area (Å²) in [6.07, 6.45) is 0.656. The number of carbonyl (C=O) groups is 1. The summed E-state index contributed by atoms with van der Waals surface area (Å²) in [5.41, 5.74) is 0.595. The Morgan fingerprint density at radius 1 is 1.48 bits per heavy atom. The van der Waals surface area contributed by atoms with Gasteiger partial charge in [-0.3, -0.25) is 4.79 Å². The highest BCUT2D eigenvalue weighted by molar-refractivity contribution is 5.80. The number of aliphatic hydroxyl groups is 1. The fourth-order valence-electron chi connectivity index (χ4n) is 2.97. The van der Waals surface area contributed by atoms with Crippen LogP contribution in [0.2, 0.25) is 0 Å². The molecule has 2 heterocycles. The van der Waals surface area contributed by atoms with Crippen LogP contribution in [0.3, 0.4) is 0 Å². The van der Waals surface area contributed by atoms with Crippen LogP contribution in [-0.2, 0) is 21.9 Å². The second-order valence-electron chi connectivity index (χ2n) is 6.40. The van der Waals surface area contributed by atoms with Gasteiger partial charge in [0.15, 0.2) is 5.82 Å². The molecule has 2 N–H and O–H groups in total. The Morgan fingerprint density at radius 2 is 2.22 bits per heavy atom. The van der Waals surface area contributed by atoms with Gasteiger partial charge in [0.2, 0.25) is 5.79 Å². The molecular weight excluding hydrogens is 300 g/mol. The van der Waals surface area contributed by atoms with Gasteiger partial charge in [-0.1, -0.05) is 13.8 Å². The van der Waals surface area contributed by atoms with E-state index in [2.05, 4.69) is 4.98 Å². The predicted octanol–water partition coefficient (Wildman–Crippen LogP) is 1.72. The molecule has 0 bridgehead atoms. The normalized spacial score (nSPS) is 23.3. The summed E-state index contributed by atoms with van der Waals surface area (Å²) in [7, 11) is 1.54. The van der Waals surface area contributed by atoms with Crippen LogP contribution in [0.15, 0.2) is 18.2 Å². The Morgan fingerprint density at radius 3 is 2.78 bits per heavy atom. The number of ether oxygens (including phenoxy) is 2. The molecule has 1 unspecified atom stereocenters. The lowest BCUT2D eigenvalue weighted by atomic mass is 9.82. The van der Waals surface area contributed by atoms with E-state index in [1.54, 1.807) is 18.2 Å². The Bertz CT molecular complexity index is 767. The molecule has 1 aromatic carbocycles. The maximum Gasteiger partial charge on any atom is 0.323 e. The number of aromatic nitrogens is 2. The SMILES string of the molecule is COc1ccc2nc(C3(O)OCCC3(C)C)n(CC(=O)O)c2c1. The quantitative estimate of drug-likeness (QED) is 0.891. The second-order valence-corrected chi connectivity index (χ2v) is 6.40. The fourth-order valence-corrected chi connectivity index (χ4v) is 2.97. The number of hydrogen-bond donors (Lipinski definition) is 2. The largest absolute Gasteiger partial charge is 0.497 e. The number of rotatable bonds is 4. The number of hydrogen-bond acceptors (Lipinski definition) is 5. The van der Waals surface area contributed by atoms with E-state index in [9.17, 15) is 15.0 Å². The van der Waals surface area contributed by atoms with E-state index < -0.39 is 17.2 Å². The van der Waals surface area contributed by atoms with Gasteiger partial charge in [0, 0.05) is 11.5 Å². The lowest BCUT2D eigenvalue weighted by Crippen LogP contribution is -2.41. The van der Waals surface area contributed by atoms with E-state index in [4.69, 9.17) is 9.47 Å². The van der Waals surface area contributed by atoms with Crippen molar-refractivity contribution in [1.82, 2.24) is 9.55 Å². The van der Waals surface area contributed by atoms with Gasteiger partial charge in [0.1, 0.15) is 12.3 Å². The van der Waals surface area contributed by atoms with Gasteiger partial charge in [0.05, 0.1) is 24.8 Å². The van der Waals surface area contributed by atoms with Gasteiger partial charge in [-0.15, -0.1) is 0 Å². The molecule has 7 nitrogen and oxygen atoms in total. The van der Waals surface area contributed by atoms with Crippen molar-refractivity contribution in [3.8, 4) is 5.75 Å². The van der Waals surface area contributed by atoms with E-state index in [1.807, 2.05) is 13.8 Å². The molecule has 2 aromatic rings. The Kier molecular flexibility index (Phi) is 3.57. The zero-order chi connectivity index (χ0) is 16.8. The van der Waals surface area contributed by atoms with Crippen LogP contribution in [0.5, 0.6) is 5.75 Å². The van der Waals surface area contributed by atoms with E-state index >= 15 is 0 Å². The fraction of sp³-hybridized carbons (Fsp3) is 0.500. The van der Waals surface area contributed by atoms with Gasteiger partial charge in [-0.25, -0.2) is 4.98 Å². The van der Waals surface area contributed by atoms with E-state index in [-0.39, 0.29) is 12.4 Å². The Hall–Kier alpha value is -2.12. The van der Waals surface area contributed by atoms with Gasteiger partial charge >= 0.3 is 5.97 Å². The van der Waals surface area contributed by atoms with Crippen LogP contribution in [0, 0.1) is 5.41 Å². The molecule has 23 heavy (non-hydrogen) atoms. The number of carboxylic acids is 1. The molecule has 124 valence electrons. The van der Waals surface area contributed by atoms with Crippen molar-refractivity contribution in [3.05, 3.63) is 24.0 Å². The molecule has 0 saturated carbocycles. The second kappa shape index (κ2) is 5.21. The smallest absolute Gasteiger partial charge is 0.323 e. The van der Waals surface area contributed by atoms with Crippen LogP contribution >= 0.6 is 0 Å². The van der Waals surface area contributed by atoms with Crippen molar-refractivity contribution >= 4 is 17.0 Å². The van der Waals surface area contributed by atoms with Crippen LogP contribution in [0.4, 0.5) is 0 Å². The van der Waals surface area contributed by atoms with Crippen molar-refractivity contribution in [2.45, 2.75) is 32.6 Å². The van der Waals surface area contributed by atoms with Gasteiger partial charge in [-0.2, -0.15) is 0 Å². The number of carboxylic acid groups (broad SMARTS) is 1. The van der Waals surface area contributed by atoms with Crippen LogP contribution in [0.25, 0.3) is 11.0 Å². The van der Waals surface area contributed by atoms with Crippen molar-refractivity contribution in [1.29, 1.82) is 0 Å². The van der Waals surface area contributed by atoms with Crippen molar-refractivity contribution in [2.24, 2.45) is 5.41 Å². The minimum atomic E-state index is -1.63. The summed E-state index contributed by atoms with van der Waals surface area (Å²) in [5.74, 6) is -1.85. The molecule has 3 rings (SSSR count). The maximum atomic E-state index is 11.3. The lowest BCUT2D eigenvalue weighted by Gasteiger charge is -2.34. The summed E-state index contributed by atoms with van der Waals surface area (Å²) >= 11 is 0. The molecule has 1 fully saturated rings. The molecule has 1 aromatic heterocycles. The topological polar surface area (TPSA) is 93.8 Å². The highest BCUT2D eigenvalue weighted by Crippen LogP contribution is 2.48. The third-order valence-corrected chi connectivity index (χ3v) is 4.51. The van der Waals surface area contributed by atoms with Crippen molar-refractivity contribution < 1.29 is 24.5 Å². The Labute approximate surface area is 133 Å². The number of fused-ring (bicyclic) bond motifs is 1. The standard InChI is InChI=1S/C16H20N2O5/c1-15(2)6-7-23-16(15,21)14-17-11-5-4-10(22-3)8-12(11)18(14)9-13(19)20/h4-5,8,21H,6-7,9H2,1-3H3,(H,19,20). The first-order chi connectivity index (χ1) is 10.8. The number of methoxy groups -OCH3 is 1. The molecule has 0 radical (unpaired) electrons. The predicted molar refractivity (Wildman–Crippen MR) is 82.2 cm³/mol. The third kappa shape index (κ3) is 2.36. The minimum absolute atomic E-state index is 0.214.